The second kappa shape index (κ2) is 23.5. The predicted octanol–water partition coefficient (Wildman–Crippen LogP) is 10.0. The number of aromatic nitrogens is 6. The Labute approximate surface area is 397 Å². The van der Waals surface area contributed by atoms with E-state index in [9.17, 15) is 24.3 Å². The SMILES string of the molecule is CCOCCOC(=O)Cl.CCOCCOC(=O)Oc1c(-c2nc(-c3ccc(Cl)cc3)sc2C)c(=O)n2n1CCCC2.Cc1sc(-c2ccc(Cl)cc2)nc1-c1c(O)n2n(c1=O)CCCC2. The molecule has 16 nitrogen and oxygen atoms in total. The number of nitrogens with zero attached hydrogens (tertiary/aromatic N) is 6. The molecule has 2 aromatic carbocycles. The summed E-state index contributed by atoms with van der Waals surface area (Å²) in [6, 6.07) is 14.8. The van der Waals surface area contributed by atoms with Gasteiger partial charge in [0.1, 0.15) is 34.4 Å². The summed E-state index contributed by atoms with van der Waals surface area (Å²) in [7, 11) is 0. The number of carbonyl (C=O) groups is 2. The van der Waals surface area contributed by atoms with E-state index < -0.39 is 11.6 Å². The van der Waals surface area contributed by atoms with Crippen LogP contribution in [0.15, 0.2) is 58.1 Å². The highest BCUT2D eigenvalue weighted by molar-refractivity contribution is 7.15. The fourth-order valence-electron chi connectivity index (χ4n) is 7.05. The maximum absolute atomic E-state index is 13.3. The van der Waals surface area contributed by atoms with Gasteiger partial charge in [0.25, 0.3) is 11.1 Å². The summed E-state index contributed by atoms with van der Waals surface area (Å²) in [5.41, 5.74) is 2.35. The van der Waals surface area contributed by atoms with Crippen molar-refractivity contribution in [1.82, 2.24) is 28.7 Å². The fourth-order valence-corrected chi connectivity index (χ4v) is 9.23. The molecule has 0 radical (unpaired) electrons. The van der Waals surface area contributed by atoms with Crippen molar-refractivity contribution in [3.8, 4) is 55.4 Å². The highest BCUT2D eigenvalue weighted by atomic mass is 35.5. The van der Waals surface area contributed by atoms with Crippen LogP contribution >= 0.6 is 57.5 Å². The van der Waals surface area contributed by atoms with Crippen LogP contribution < -0.4 is 15.9 Å². The minimum atomic E-state index is -0.872. The molecule has 0 saturated heterocycles. The number of ether oxygens (including phenoxy) is 5. The molecule has 0 aliphatic carbocycles. The van der Waals surface area contributed by atoms with Crippen molar-refractivity contribution < 1.29 is 38.4 Å². The Hall–Kier alpha value is -4.95. The summed E-state index contributed by atoms with van der Waals surface area (Å²) >= 11 is 19.8. The molecular formula is C44H49Cl3N6O10S2. The van der Waals surface area contributed by atoms with Crippen LogP contribution in [-0.2, 0) is 45.1 Å². The van der Waals surface area contributed by atoms with Gasteiger partial charge in [-0.25, -0.2) is 28.9 Å². The Balaban J connectivity index is 0.000000186. The van der Waals surface area contributed by atoms with Crippen molar-refractivity contribution in [2.75, 3.05) is 39.6 Å². The van der Waals surface area contributed by atoms with Crippen molar-refractivity contribution in [1.29, 1.82) is 0 Å². The Bertz CT molecular complexity index is 2690. The quantitative estimate of drug-likeness (QED) is 0.0658. The molecule has 1 N–H and O–H groups in total. The summed E-state index contributed by atoms with van der Waals surface area (Å²) in [4.78, 5) is 59.4. The summed E-state index contributed by atoms with van der Waals surface area (Å²) in [6.45, 7) is 12.1. The number of benzene rings is 2. The van der Waals surface area contributed by atoms with Crippen LogP contribution in [0.2, 0.25) is 10.0 Å². The van der Waals surface area contributed by atoms with Crippen LogP contribution in [0.4, 0.5) is 9.59 Å². The molecule has 0 spiro atoms. The zero-order valence-corrected chi connectivity index (χ0v) is 40.2. The molecule has 0 saturated carbocycles. The topological polar surface area (TPSA) is 180 Å². The number of fused-ring (bicyclic) bond motifs is 2. The van der Waals surface area contributed by atoms with Gasteiger partial charge in [0.2, 0.25) is 11.8 Å². The summed E-state index contributed by atoms with van der Waals surface area (Å²) in [5, 5.41) is 13.4. The molecule has 2 aliphatic heterocycles. The average Bonchev–Trinajstić information content (AvgIpc) is 4.02. The van der Waals surface area contributed by atoms with Crippen molar-refractivity contribution in [2.24, 2.45) is 0 Å². The first-order valence-electron chi connectivity index (χ1n) is 21.0. The van der Waals surface area contributed by atoms with Crippen LogP contribution in [0, 0.1) is 13.8 Å². The van der Waals surface area contributed by atoms with E-state index in [0.29, 0.717) is 73.0 Å². The van der Waals surface area contributed by atoms with Crippen molar-refractivity contribution in [3.05, 3.63) is 89.0 Å². The molecule has 0 atom stereocenters. The van der Waals surface area contributed by atoms with Gasteiger partial charge in [0, 0.05) is 81.9 Å². The van der Waals surface area contributed by atoms with Gasteiger partial charge < -0.3 is 28.8 Å². The lowest BCUT2D eigenvalue weighted by atomic mass is 10.2. The zero-order chi connectivity index (χ0) is 46.6. The second-order valence-electron chi connectivity index (χ2n) is 14.4. The lowest BCUT2D eigenvalue weighted by Gasteiger charge is -2.18. The van der Waals surface area contributed by atoms with Crippen LogP contribution in [0.3, 0.4) is 0 Å². The van der Waals surface area contributed by atoms with Gasteiger partial charge in [0.15, 0.2) is 0 Å². The highest BCUT2D eigenvalue weighted by Crippen LogP contribution is 2.39. The zero-order valence-electron chi connectivity index (χ0n) is 36.3. The minimum absolute atomic E-state index is 0.0238. The molecular weight excluding hydrogens is 943 g/mol. The van der Waals surface area contributed by atoms with E-state index in [4.69, 9.17) is 58.7 Å². The van der Waals surface area contributed by atoms with Crippen LogP contribution in [0.5, 0.6) is 11.8 Å². The Morgan fingerprint density at radius 2 is 1.08 bits per heavy atom. The Morgan fingerprint density at radius 1 is 0.646 bits per heavy atom. The van der Waals surface area contributed by atoms with Gasteiger partial charge in [-0.15, -0.1) is 22.7 Å². The number of carbonyl (C=O) groups excluding carboxylic acids is 2. The number of hydrogen-bond donors (Lipinski definition) is 1. The van der Waals surface area contributed by atoms with E-state index in [1.54, 1.807) is 30.9 Å². The third-order valence-corrected chi connectivity index (χ3v) is 12.8. The minimum Gasteiger partial charge on any atom is -0.493 e. The highest BCUT2D eigenvalue weighted by Gasteiger charge is 2.30. The van der Waals surface area contributed by atoms with Gasteiger partial charge in [0.05, 0.1) is 24.6 Å². The van der Waals surface area contributed by atoms with Crippen molar-refractivity contribution >= 4 is 69.1 Å². The Kier molecular flexibility index (Phi) is 17.9. The summed E-state index contributed by atoms with van der Waals surface area (Å²) in [6.07, 6.45) is 2.81. The average molecular weight is 992 g/mol. The number of aryl methyl sites for hydroxylation is 2. The normalized spacial score (nSPS) is 12.8. The molecule has 21 heteroatoms. The first kappa shape index (κ1) is 49.5. The van der Waals surface area contributed by atoms with Gasteiger partial charge in [-0.1, -0.05) is 47.5 Å². The number of aromatic hydroxyl groups is 1. The smallest absolute Gasteiger partial charge is 0.493 e. The van der Waals surface area contributed by atoms with E-state index in [1.807, 2.05) is 64.1 Å². The molecule has 6 aromatic rings. The molecule has 0 bridgehead atoms. The van der Waals surface area contributed by atoms with Gasteiger partial charge in [-0.05, 0) is 77.6 Å². The van der Waals surface area contributed by atoms with E-state index in [2.05, 4.69) is 9.72 Å². The lowest BCUT2D eigenvalue weighted by molar-refractivity contribution is 0.0537. The predicted molar refractivity (Wildman–Crippen MR) is 252 cm³/mol. The first-order chi connectivity index (χ1) is 31.3. The molecule has 6 heterocycles. The number of halogens is 3. The second-order valence-corrected chi connectivity index (χ2v) is 18.0. The molecule has 0 fully saturated rings. The summed E-state index contributed by atoms with van der Waals surface area (Å²) < 4.78 is 31.7. The molecule has 8 rings (SSSR count). The molecule has 65 heavy (non-hydrogen) atoms. The standard InChI is InChI=1S/C22H24ClN3O5S.C17H16ClN3O2S.C5H9ClO3/c1-3-29-12-13-30-22(28)31-21-17(20(27)25-10-4-5-11-26(21)25)18-14(2)32-19(24-18)15-6-8-16(23)9-7-15;1-10-14(19-15(24-10)11-4-6-12(18)7-5-11)13-16(22)20-8-2-3-9-21(20)17(13)23;1-2-8-3-4-9-5(6)7/h6-9H,3-5,10-13H2,1-2H3;4-7,22H,2-3,8-9H2,1H3;2-4H2,1H3. The van der Waals surface area contributed by atoms with Gasteiger partial charge in [-0.3, -0.25) is 19.0 Å². The van der Waals surface area contributed by atoms with E-state index >= 15 is 0 Å². The van der Waals surface area contributed by atoms with Gasteiger partial charge in [-0.2, -0.15) is 0 Å². The molecule has 0 amide bonds. The number of thiazole rings is 2. The van der Waals surface area contributed by atoms with Gasteiger partial charge >= 0.3 is 11.6 Å². The molecule has 4 aromatic heterocycles. The lowest BCUT2D eigenvalue weighted by Crippen LogP contribution is -2.27. The molecule has 348 valence electrons. The van der Waals surface area contributed by atoms with Crippen molar-refractivity contribution in [2.45, 2.75) is 79.6 Å². The summed E-state index contributed by atoms with van der Waals surface area (Å²) in [5.74, 6) is 0.197. The molecule has 2 aliphatic rings. The largest absolute Gasteiger partial charge is 0.515 e. The van der Waals surface area contributed by atoms with Crippen molar-refractivity contribution in [3.63, 3.8) is 0 Å². The monoisotopic (exact) mass is 990 g/mol. The third kappa shape index (κ3) is 12.3. The third-order valence-electron chi connectivity index (χ3n) is 10.1. The number of rotatable bonds is 13. The van der Waals surface area contributed by atoms with E-state index in [0.717, 1.165) is 56.6 Å². The van der Waals surface area contributed by atoms with Crippen LogP contribution in [0.1, 0.15) is 49.3 Å². The maximum Gasteiger partial charge on any atom is 0.515 e. The fraction of sp³-hybridized carbons (Fsp3) is 0.409. The van der Waals surface area contributed by atoms with Crippen LogP contribution in [-0.4, -0.2) is 85.0 Å². The number of hydrogen-bond acceptors (Lipinski definition) is 14. The Morgan fingerprint density at radius 3 is 1.55 bits per heavy atom. The van der Waals surface area contributed by atoms with E-state index in [1.165, 1.54) is 22.7 Å². The van der Waals surface area contributed by atoms with Crippen LogP contribution in [0.25, 0.3) is 43.7 Å². The first-order valence-corrected chi connectivity index (χ1v) is 23.7. The van der Waals surface area contributed by atoms with E-state index in [-0.39, 0.29) is 48.3 Å². The molecule has 0 unspecified atom stereocenters. The maximum atomic E-state index is 13.3.